The summed E-state index contributed by atoms with van der Waals surface area (Å²) in [4.78, 5) is 38.3. The third-order valence-electron chi connectivity index (χ3n) is 5.46. The van der Waals surface area contributed by atoms with Crippen LogP contribution in [-0.2, 0) is 11.2 Å². The van der Waals surface area contributed by atoms with Gasteiger partial charge in [0.15, 0.2) is 0 Å². The van der Waals surface area contributed by atoms with Crippen LogP contribution in [0.4, 0.5) is 10.5 Å². The molecule has 4 aromatic rings. The molecule has 1 aromatic heterocycles. The van der Waals surface area contributed by atoms with E-state index in [0.29, 0.717) is 28.4 Å². The Balaban J connectivity index is 1.43. The number of nitrogens with zero attached hydrogens (tertiary/aromatic N) is 3. The first-order valence-corrected chi connectivity index (χ1v) is 12.3. The zero-order valence-corrected chi connectivity index (χ0v) is 21.8. The number of tetrazole rings is 1. The lowest BCUT2D eigenvalue weighted by Gasteiger charge is -2.20. The van der Waals surface area contributed by atoms with E-state index in [4.69, 9.17) is 4.74 Å². The quantitative estimate of drug-likeness (QED) is 0.273. The average molecular weight is 528 g/mol. The van der Waals surface area contributed by atoms with Crippen LogP contribution in [0.1, 0.15) is 36.7 Å². The van der Waals surface area contributed by atoms with Crippen molar-refractivity contribution in [2.75, 3.05) is 5.32 Å². The van der Waals surface area contributed by atoms with E-state index in [1.165, 1.54) is 0 Å². The zero-order chi connectivity index (χ0) is 27.8. The molecule has 0 saturated carbocycles. The zero-order valence-electron chi connectivity index (χ0n) is 21.8. The van der Waals surface area contributed by atoms with E-state index in [9.17, 15) is 14.4 Å². The molecule has 4 rings (SSSR count). The van der Waals surface area contributed by atoms with Gasteiger partial charge in [-0.15, -0.1) is 10.2 Å². The number of aromatic amines is 1. The highest BCUT2D eigenvalue weighted by molar-refractivity contribution is 6.01. The smallest absolute Gasteiger partial charge is 0.410 e. The van der Waals surface area contributed by atoms with Crippen LogP contribution < -0.4 is 20.7 Å². The Bertz CT molecular complexity index is 1400. The van der Waals surface area contributed by atoms with Crippen molar-refractivity contribution in [3.05, 3.63) is 90.0 Å². The van der Waals surface area contributed by atoms with Crippen LogP contribution in [0, 0.1) is 0 Å². The summed E-state index contributed by atoms with van der Waals surface area (Å²) >= 11 is 0. The number of carbonyl (C=O) groups is 3. The molecule has 0 fully saturated rings. The molecule has 1 atom stereocenters. The van der Waals surface area contributed by atoms with Gasteiger partial charge in [0.1, 0.15) is 11.8 Å². The average Bonchev–Trinajstić information content (AvgIpc) is 3.44. The fraction of sp³-hybridized carbons (Fsp3) is 0.214. The summed E-state index contributed by atoms with van der Waals surface area (Å²) in [6.07, 6.45) is -0.289. The van der Waals surface area contributed by atoms with Crippen LogP contribution in [0.2, 0.25) is 0 Å². The summed E-state index contributed by atoms with van der Waals surface area (Å²) in [5.41, 5.74) is 2.02. The number of benzene rings is 3. The predicted molar refractivity (Wildman–Crippen MR) is 145 cm³/mol. The Kier molecular flexibility index (Phi) is 8.30. The number of carbonyl (C=O) groups excluding carboxylic acids is 3. The molecule has 11 heteroatoms. The van der Waals surface area contributed by atoms with Gasteiger partial charge in [0, 0.05) is 28.8 Å². The molecule has 0 aliphatic carbocycles. The van der Waals surface area contributed by atoms with E-state index in [-0.39, 0.29) is 6.42 Å². The van der Waals surface area contributed by atoms with Crippen molar-refractivity contribution in [1.82, 2.24) is 31.3 Å². The number of ether oxygens (including phenoxy) is 1. The van der Waals surface area contributed by atoms with Crippen molar-refractivity contribution in [1.29, 1.82) is 0 Å². The summed E-state index contributed by atoms with van der Waals surface area (Å²) in [6, 6.07) is 21.6. The van der Waals surface area contributed by atoms with Gasteiger partial charge in [0.05, 0.1) is 0 Å². The van der Waals surface area contributed by atoms with Gasteiger partial charge >= 0.3 is 6.09 Å². The summed E-state index contributed by atoms with van der Waals surface area (Å²) in [6.45, 7) is 5.55. The van der Waals surface area contributed by atoms with Crippen LogP contribution >= 0.6 is 0 Å². The Morgan fingerprint density at radius 1 is 0.923 bits per heavy atom. The van der Waals surface area contributed by atoms with Crippen LogP contribution in [0.15, 0.2) is 78.9 Å². The number of nitrogens with one attached hydrogen (secondary N) is 4. The fourth-order valence-electron chi connectivity index (χ4n) is 3.63. The third-order valence-corrected chi connectivity index (χ3v) is 5.46. The van der Waals surface area contributed by atoms with Gasteiger partial charge < -0.3 is 20.7 Å². The van der Waals surface area contributed by atoms with Gasteiger partial charge in [0.2, 0.25) is 11.7 Å². The lowest BCUT2D eigenvalue weighted by atomic mass is 10.0. The monoisotopic (exact) mass is 527 g/mol. The lowest BCUT2D eigenvalue weighted by molar-refractivity contribution is -0.118. The van der Waals surface area contributed by atoms with Gasteiger partial charge in [-0.05, 0) is 67.9 Å². The lowest BCUT2D eigenvalue weighted by Crippen LogP contribution is -2.45. The van der Waals surface area contributed by atoms with Gasteiger partial charge in [0.25, 0.3) is 5.91 Å². The molecule has 200 valence electrons. The third kappa shape index (κ3) is 7.96. The number of hydrogen-bond acceptors (Lipinski definition) is 7. The number of H-pyrrole nitrogens is 1. The van der Waals surface area contributed by atoms with Crippen LogP contribution in [0.25, 0.3) is 11.4 Å². The molecule has 0 bridgehead atoms. The molecule has 0 aliphatic heterocycles. The van der Waals surface area contributed by atoms with Crippen molar-refractivity contribution in [3.63, 3.8) is 0 Å². The predicted octanol–water partition coefficient (Wildman–Crippen LogP) is 3.73. The minimum Gasteiger partial charge on any atom is -0.410 e. The second kappa shape index (κ2) is 12.0. The maximum Gasteiger partial charge on any atom is 0.413 e. The minimum atomic E-state index is -0.856. The minimum absolute atomic E-state index is 0.285. The fourth-order valence-corrected chi connectivity index (χ4v) is 3.63. The summed E-state index contributed by atoms with van der Waals surface area (Å²) < 4.78 is 5.28. The highest BCUT2D eigenvalue weighted by Crippen LogP contribution is 2.18. The molecule has 0 saturated heterocycles. The van der Waals surface area contributed by atoms with E-state index in [0.717, 1.165) is 5.56 Å². The number of amides is 3. The second-order valence-electron chi connectivity index (χ2n) is 9.81. The highest BCUT2D eigenvalue weighted by atomic mass is 16.6. The molecule has 39 heavy (non-hydrogen) atoms. The first kappa shape index (κ1) is 27.0. The molecule has 3 aromatic carbocycles. The summed E-state index contributed by atoms with van der Waals surface area (Å²) in [5.74, 6) is -0.0585. The maximum absolute atomic E-state index is 13.3. The Labute approximate surface area is 225 Å². The first-order chi connectivity index (χ1) is 18.7. The molecule has 0 spiro atoms. The number of rotatable bonds is 8. The second-order valence-corrected chi connectivity index (χ2v) is 9.81. The topological polar surface area (TPSA) is 151 Å². The SMILES string of the molecule is CC(C)(C)NC(=O)Oc1ccc(NC(=O)C(Cc2ccccc2)NC(=O)c2ccc(-c3nn[nH]n3)cc2)cc1. The molecular formula is C28H29N7O4. The number of aromatic nitrogens is 4. The van der Waals surface area contributed by atoms with Crippen molar-refractivity contribution >= 4 is 23.6 Å². The summed E-state index contributed by atoms with van der Waals surface area (Å²) in [7, 11) is 0. The molecule has 3 amide bonds. The Hall–Kier alpha value is -5.06. The van der Waals surface area contributed by atoms with Gasteiger partial charge in [-0.2, -0.15) is 5.21 Å². The van der Waals surface area contributed by atoms with Crippen molar-refractivity contribution in [3.8, 4) is 17.1 Å². The highest BCUT2D eigenvalue weighted by Gasteiger charge is 2.23. The van der Waals surface area contributed by atoms with Crippen LogP contribution in [0.3, 0.4) is 0 Å². The molecule has 4 N–H and O–H groups in total. The van der Waals surface area contributed by atoms with Gasteiger partial charge in [-0.25, -0.2) is 4.79 Å². The van der Waals surface area contributed by atoms with Crippen molar-refractivity contribution in [2.24, 2.45) is 0 Å². The van der Waals surface area contributed by atoms with E-state index >= 15 is 0 Å². The standard InChI is InChI=1S/C28H29N7O4/c1-28(2,3)31-27(38)39-22-15-13-21(14-16-22)29-26(37)23(17-18-7-5-4-6-8-18)30-25(36)20-11-9-19(10-12-20)24-32-34-35-33-24/h4-16,23H,17H2,1-3H3,(H,29,37)(H,30,36)(H,31,38)(H,32,33,34,35). The molecule has 11 nitrogen and oxygen atoms in total. The van der Waals surface area contributed by atoms with E-state index in [2.05, 4.69) is 36.6 Å². The number of anilines is 1. The Morgan fingerprint density at radius 3 is 2.23 bits per heavy atom. The van der Waals surface area contributed by atoms with Crippen LogP contribution in [0.5, 0.6) is 5.75 Å². The van der Waals surface area contributed by atoms with Crippen molar-refractivity contribution < 1.29 is 19.1 Å². The normalized spacial score (nSPS) is 11.8. The molecule has 0 radical (unpaired) electrons. The summed E-state index contributed by atoms with van der Waals surface area (Å²) in [5, 5.41) is 22.1. The first-order valence-electron chi connectivity index (χ1n) is 12.3. The molecule has 1 unspecified atom stereocenters. The van der Waals surface area contributed by atoms with E-state index in [1.807, 2.05) is 51.1 Å². The van der Waals surface area contributed by atoms with E-state index < -0.39 is 29.5 Å². The molecular weight excluding hydrogens is 498 g/mol. The Morgan fingerprint density at radius 2 is 1.62 bits per heavy atom. The maximum atomic E-state index is 13.3. The molecule has 1 heterocycles. The van der Waals surface area contributed by atoms with Gasteiger partial charge in [-0.1, -0.05) is 42.5 Å². The largest absolute Gasteiger partial charge is 0.413 e. The van der Waals surface area contributed by atoms with Crippen molar-refractivity contribution in [2.45, 2.75) is 38.8 Å². The molecule has 0 aliphatic rings. The number of hydrogen-bond donors (Lipinski definition) is 4. The van der Waals surface area contributed by atoms with Gasteiger partial charge in [-0.3, -0.25) is 9.59 Å². The van der Waals surface area contributed by atoms with Crippen LogP contribution in [-0.4, -0.2) is 50.1 Å². The van der Waals surface area contributed by atoms with E-state index in [1.54, 1.807) is 48.5 Å².